The molecule has 0 saturated heterocycles. The first-order valence-corrected chi connectivity index (χ1v) is 10.3. The third-order valence-corrected chi connectivity index (χ3v) is 7.80. The molecule has 2 N–H and O–H groups in total. The van der Waals surface area contributed by atoms with Gasteiger partial charge < -0.3 is 10.6 Å². The predicted molar refractivity (Wildman–Crippen MR) is 98.4 cm³/mol. The number of para-hydroxylation sites is 1. The highest BCUT2D eigenvalue weighted by Crippen LogP contribution is 2.55. The average molecular weight is 356 g/mol. The van der Waals surface area contributed by atoms with Crippen molar-refractivity contribution in [1.82, 2.24) is 5.32 Å². The Balaban J connectivity index is 1.26. The summed E-state index contributed by atoms with van der Waals surface area (Å²) in [6, 6.07) is 7.80. The van der Waals surface area contributed by atoms with Crippen LogP contribution in [-0.4, -0.2) is 22.6 Å². The summed E-state index contributed by atoms with van der Waals surface area (Å²) < 4.78 is 0. The van der Waals surface area contributed by atoms with Gasteiger partial charge in [0.25, 0.3) is 0 Å². The largest absolute Gasteiger partial charge is 0.351 e. The molecule has 1 atom stereocenters. The molecule has 132 valence electrons. The van der Waals surface area contributed by atoms with Crippen molar-refractivity contribution in [2.45, 2.75) is 60.6 Å². The topological polar surface area (TPSA) is 58.2 Å². The molecule has 4 saturated carbocycles. The highest BCUT2D eigenvalue weighted by atomic mass is 32.2. The lowest BCUT2D eigenvalue weighted by Crippen LogP contribution is -2.60. The quantitative estimate of drug-likeness (QED) is 0.870. The first-order valence-electron chi connectivity index (χ1n) is 9.46. The number of fused-ring (bicyclic) bond motifs is 1. The van der Waals surface area contributed by atoms with Gasteiger partial charge in [0.15, 0.2) is 0 Å². The third-order valence-electron chi connectivity index (χ3n) is 6.52. The number of anilines is 1. The second kappa shape index (κ2) is 5.76. The Morgan fingerprint density at radius 2 is 1.76 bits per heavy atom. The Morgan fingerprint density at radius 3 is 2.44 bits per heavy atom. The van der Waals surface area contributed by atoms with Crippen LogP contribution >= 0.6 is 11.8 Å². The summed E-state index contributed by atoms with van der Waals surface area (Å²) in [7, 11) is 0. The molecule has 1 aromatic rings. The zero-order chi connectivity index (χ0) is 17.0. The van der Waals surface area contributed by atoms with Gasteiger partial charge in [-0.2, -0.15) is 0 Å². The van der Waals surface area contributed by atoms with Gasteiger partial charge in [-0.05, 0) is 68.4 Å². The van der Waals surface area contributed by atoms with Gasteiger partial charge >= 0.3 is 0 Å². The number of benzene rings is 1. The molecule has 25 heavy (non-hydrogen) atoms. The van der Waals surface area contributed by atoms with Crippen LogP contribution in [0.25, 0.3) is 0 Å². The van der Waals surface area contributed by atoms with E-state index in [-0.39, 0.29) is 29.0 Å². The second-order valence-electron chi connectivity index (χ2n) is 8.54. The number of amides is 2. The molecule has 6 rings (SSSR count). The number of hydrogen-bond donors (Lipinski definition) is 2. The molecule has 2 amide bonds. The summed E-state index contributed by atoms with van der Waals surface area (Å²) in [4.78, 5) is 26.1. The van der Waals surface area contributed by atoms with Gasteiger partial charge in [-0.1, -0.05) is 12.1 Å². The highest BCUT2D eigenvalue weighted by molar-refractivity contribution is 8.01. The van der Waals surface area contributed by atoms with Gasteiger partial charge in [-0.3, -0.25) is 9.59 Å². The van der Waals surface area contributed by atoms with E-state index in [4.69, 9.17) is 0 Å². The molecule has 1 heterocycles. The average Bonchev–Trinajstić information content (AvgIpc) is 2.53. The predicted octanol–water partition coefficient (Wildman–Crippen LogP) is 3.57. The number of rotatable bonds is 3. The molecule has 4 nitrogen and oxygen atoms in total. The van der Waals surface area contributed by atoms with Crippen molar-refractivity contribution < 1.29 is 9.59 Å². The lowest BCUT2D eigenvalue weighted by molar-refractivity contribution is -0.128. The van der Waals surface area contributed by atoms with Crippen LogP contribution in [-0.2, 0) is 9.59 Å². The van der Waals surface area contributed by atoms with Crippen LogP contribution in [0.4, 0.5) is 5.69 Å². The van der Waals surface area contributed by atoms with Gasteiger partial charge in [-0.15, -0.1) is 11.8 Å². The van der Waals surface area contributed by atoms with E-state index in [1.165, 1.54) is 31.0 Å². The normalized spacial score (nSPS) is 38.2. The van der Waals surface area contributed by atoms with Crippen molar-refractivity contribution in [2.75, 3.05) is 5.32 Å². The Morgan fingerprint density at radius 1 is 1.12 bits per heavy atom. The van der Waals surface area contributed by atoms with E-state index in [0.29, 0.717) is 0 Å². The van der Waals surface area contributed by atoms with E-state index < -0.39 is 0 Å². The lowest BCUT2D eigenvalue weighted by Gasteiger charge is -2.57. The Bertz CT molecular complexity index is 697. The molecule has 1 aliphatic heterocycles. The van der Waals surface area contributed by atoms with E-state index >= 15 is 0 Å². The number of carbonyl (C=O) groups is 2. The number of carbonyl (C=O) groups excluding carboxylic acids is 2. The summed E-state index contributed by atoms with van der Waals surface area (Å²) in [5.41, 5.74) is 0.884. The first kappa shape index (κ1) is 15.7. The monoisotopic (exact) mass is 356 g/mol. The van der Waals surface area contributed by atoms with Crippen molar-refractivity contribution >= 4 is 29.3 Å². The summed E-state index contributed by atoms with van der Waals surface area (Å²) in [6.45, 7) is 0. The van der Waals surface area contributed by atoms with E-state index in [0.717, 1.165) is 47.6 Å². The molecule has 0 aromatic heterocycles. The fourth-order valence-electron chi connectivity index (χ4n) is 6.01. The molecular weight excluding hydrogens is 332 g/mol. The van der Waals surface area contributed by atoms with Gasteiger partial charge in [0.2, 0.25) is 11.8 Å². The molecule has 4 aliphatic carbocycles. The number of hydrogen-bond acceptors (Lipinski definition) is 3. The standard InChI is InChI=1S/C20H24N2O2S/c23-18(8-17-19(24)21-15-3-1-2-4-16(15)25-17)22-20-9-12-5-13(10-20)7-14(6-12)11-20/h1-4,12-14,17H,5-11H2,(H,21,24)(H,22,23). The summed E-state index contributed by atoms with van der Waals surface area (Å²) in [5, 5.41) is 5.99. The van der Waals surface area contributed by atoms with Crippen molar-refractivity contribution in [3.05, 3.63) is 24.3 Å². The van der Waals surface area contributed by atoms with Gasteiger partial charge in [0.05, 0.1) is 10.9 Å². The number of thioether (sulfide) groups is 1. The Labute approximate surface area is 152 Å². The molecule has 5 heteroatoms. The van der Waals surface area contributed by atoms with Gasteiger partial charge in [0.1, 0.15) is 0 Å². The van der Waals surface area contributed by atoms with Crippen LogP contribution in [0.5, 0.6) is 0 Å². The first-order chi connectivity index (χ1) is 12.1. The van der Waals surface area contributed by atoms with Crippen molar-refractivity contribution in [1.29, 1.82) is 0 Å². The van der Waals surface area contributed by atoms with Gasteiger partial charge in [-0.25, -0.2) is 0 Å². The lowest BCUT2D eigenvalue weighted by atomic mass is 9.53. The van der Waals surface area contributed by atoms with E-state index in [9.17, 15) is 9.59 Å². The maximum absolute atomic E-state index is 12.7. The number of nitrogens with one attached hydrogen (secondary N) is 2. The minimum absolute atomic E-state index is 0.0273. The molecule has 4 fully saturated rings. The van der Waals surface area contributed by atoms with Crippen LogP contribution in [0.2, 0.25) is 0 Å². The SMILES string of the molecule is O=C(CC1Sc2ccccc2NC1=O)NC12CC3CC(CC(C3)C1)C2. The minimum atomic E-state index is -0.330. The van der Waals surface area contributed by atoms with Crippen molar-refractivity contribution in [2.24, 2.45) is 17.8 Å². The van der Waals surface area contributed by atoms with Crippen LogP contribution in [0.3, 0.4) is 0 Å². The summed E-state index contributed by atoms with van der Waals surface area (Å²) in [5.74, 6) is 2.43. The highest BCUT2D eigenvalue weighted by Gasteiger charge is 2.51. The minimum Gasteiger partial charge on any atom is -0.351 e. The molecular formula is C20H24N2O2S. The van der Waals surface area contributed by atoms with Gasteiger partial charge in [0, 0.05) is 16.9 Å². The zero-order valence-electron chi connectivity index (χ0n) is 14.3. The molecule has 1 aromatic carbocycles. The van der Waals surface area contributed by atoms with Crippen LogP contribution < -0.4 is 10.6 Å². The van der Waals surface area contributed by atoms with E-state index in [2.05, 4.69) is 10.6 Å². The second-order valence-corrected chi connectivity index (χ2v) is 9.79. The molecule has 0 spiro atoms. The molecule has 1 unspecified atom stereocenters. The Hall–Kier alpha value is -1.49. The fraction of sp³-hybridized carbons (Fsp3) is 0.600. The van der Waals surface area contributed by atoms with E-state index in [1.54, 1.807) is 0 Å². The maximum atomic E-state index is 12.7. The Kier molecular flexibility index (Phi) is 3.63. The van der Waals surface area contributed by atoms with Crippen LogP contribution in [0.1, 0.15) is 44.9 Å². The van der Waals surface area contributed by atoms with Crippen LogP contribution in [0.15, 0.2) is 29.2 Å². The smallest absolute Gasteiger partial charge is 0.238 e. The summed E-state index contributed by atoms with van der Waals surface area (Å²) in [6.07, 6.45) is 7.83. The molecule has 4 bridgehead atoms. The van der Waals surface area contributed by atoms with Crippen molar-refractivity contribution in [3.8, 4) is 0 Å². The maximum Gasteiger partial charge on any atom is 0.238 e. The van der Waals surface area contributed by atoms with E-state index in [1.807, 2.05) is 24.3 Å². The third kappa shape index (κ3) is 2.86. The summed E-state index contributed by atoms with van der Waals surface area (Å²) >= 11 is 1.51. The van der Waals surface area contributed by atoms with Crippen molar-refractivity contribution in [3.63, 3.8) is 0 Å². The zero-order valence-corrected chi connectivity index (χ0v) is 15.1. The molecule has 0 radical (unpaired) electrons. The molecule has 5 aliphatic rings. The van der Waals surface area contributed by atoms with Crippen LogP contribution in [0, 0.1) is 17.8 Å². The fourth-order valence-corrected chi connectivity index (χ4v) is 7.12.